The van der Waals surface area contributed by atoms with Gasteiger partial charge in [-0.15, -0.1) is 0 Å². The molecular weight excluding hydrogens is 424 g/mol. The van der Waals surface area contributed by atoms with Crippen LogP contribution in [0.15, 0.2) is 48.5 Å². The van der Waals surface area contributed by atoms with Crippen molar-refractivity contribution in [2.24, 2.45) is 5.92 Å². The number of anilines is 1. The number of carbonyl (C=O) groups excluding carboxylic acids is 2. The third kappa shape index (κ3) is 6.09. The summed E-state index contributed by atoms with van der Waals surface area (Å²) in [6.45, 7) is 3.57. The van der Waals surface area contributed by atoms with Gasteiger partial charge in [0.15, 0.2) is 0 Å². The number of hydrogen-bond donors (Lipinski definition) is 0. The van der Waals surface area contributed by atoms with Crippen LogP contribution in [0.3, 0.4) is 0 Å². The molecule has 5 nitrogen and oxygen atoms in total. The van der Waals surface area contributed by atoms with Gasteiger partial charge in [-0.05, 0) is 49.1 Å². The topological polar surface area (TPSA) is 60.7 Å². The predicted molar refractivity (Wildman–Crippen MR) is 131 cm³/mol. The predicted octanol–water partition coefficient (Wildman–Crippen LogP) is 4.81. The van der Waals surface area contributed by atoms with Crippen LogP contribution < -0.4 is 9.57 Å². The standard InChI is InChI=1S/C26H30ClN2O3/c1-28-26(20-12-8-5-9-13-20)22-17-21(27)14-15-23(22)29(18-25(31)32-2)24(30)16-19-10-6-3-4-7-11-19/h5,8-9,12-15,17,19H,1,3-4,6-7,10-11,16,18H2,2H3/q+1. The number of carbonyl (C=O) groups is 2. The number of methoxy groups -OCH3 is 1. The van der Waals surface area contributed by atoms with Gasteiger partial charge in [0.25, 0.3) is 6.72 Å². The molecule has 1 aliphatic rings. The first-order chi connectivity index (χ1) is 15.5. The summed E-state index contributed by atoms with van der Waals surface area (Å²) in [5.41, 5.74) is 2.67. The van der Waals surface area contributed by atoms with E-state index >= 15 is 0 Å². The zero-order valence-electron chi connectivity index (χ0n) is 18.6. The van der Waals surface area contributed by atoms with Gasteiger partial charge in [0, 0.05) is 11.4 Å². The molecule has 1 amide bonds. The zero-order chi connectivity index (χ0) is 22.9. The summed E-state index contributed by atoms with van der Waals surface area (Å²) in [5, 5.41) is 0.509. The Bertz CT molecular complexity index is 991. The number of ether oxygens (including phenoxy) is 1. The van der Waals surface area contributed by atoms with Crippen LogP contribution in [-0.2, 0) is 14.3 Å². The van der Waals surface area contributed by atoms with E-state index in [9.17, 15) is 9.59 Å². The molecule has 0 N–H and O–H groups in total. The molecule has 1 aliphatic carbocycles. The molecule has 2 aromatic rings. The molecule has 0 heterocycles. The van der Waals surface area contributed by atoms with Gasteiger partial charge in [-0.1, -0.05) is 60.2 Å². The molecule has 0 saturated heterocycles. The molecule has 0 spiro atoms. The minimum atomic E-state index is -0.479. The van der Waals surface area contributed by atoms with Gasteiger partial charge < -0.3 is 9.64 Å². The number of esters is 1. The fourth-order valence-electron chi connectivity index (χ4n) is 4.29. The quantitative estimate of drug-likeness (QED) is 0.261. The van der Waals surface area contributed by atoms with Crippen molar-refractivity contribution < 1.29 is 14.3 Å². The SMILES string of the molecule is C=[N+]=C(c1ccccc1)c1cc(Cl)ccc1N(CC(=O)OC)C(=O)CC1CCCCCC1. The summed E-state index contributed by atoms with van der Waals surface area (Å²) in [7, 11) is 1.33. The monoisotopic (exact) mass is 453 g/mol. The lowest BCUT2D eigenvalue weighted by atomic mass is 9.95. The Morgan fingerprint density at radius 2 is 1.78 bits per heavy atom. The van der Waals surface area contributed by atoms with Gasteiger partial charge in [-0.2, -0.15) is 0 Å². The molecule has 0 aromatic heterocycles. The number of nitrogens with zero attached hydrogens (tertiary/aromatic N) is 2. The second-order valence-corrected chi connectivity index (χ2v) is 8.59. The van der Waals surface area contributed by atoms with Gasteiger partial charge in [-0.25, -0.2) is 0 Å². The van der Waals surface area contributed by atoms with Crippen molar-refractivity contribution in [1.29, 1.82) is 0 Å². The lowest BCUT2D eigenvalue weighted by Crippen LogP contribution is -2.38. The number of benzene rings is 2. The van der Waals surface area contributed by atoms with Crippen molar-refractivity contribution in [3.63, 3.8) is 0 Å². The molecule has 0 aliphatic heterocycles. The van der Waals surface area contributed by atoms with E-state index in [4.69, 9.17) is 16.3 Å². The van der Waals surface area contributed by atoms with Crippen molar-refractivity contribution in [3.05, 3.63) is 64.7 Å². The van der Waals surface area contributed by atoms with E-state index in [1.807, 2.05) is 30.3 Å². The highest BCUT2D eigenvalue weighted by atomic mass is 35.5. The normalized spacial score (nSPS) is 14.2. The molecule has 1 saturated carbocycles. The van der Waals surface area contributed by atoms with E-state index in [0.717, 1.165) is 31.2 Å². The molecule has 1 fully saturated rings. The highest BCUT2D eigenvalue weighted by Crippen LogP contribution is 2.30. The van der Waals surface area contributed by atoms with Gasteiger partial charge in [0.1, 0.15) is 6.54 Å². The molecule has 0 radical (unpaired) electrons. The molecule has 2 aromatic carbocycles. The van der Waals surface area contributed by atoms with Crippen LogP contribution in [0.1, 0.15) is 56.1 Å². The largest absolute Gasteiger partial charge is 0.468 e. The molecule has 3 rings (SSSR count). The minimum absolute atomic E-state index is 0.0950. The van der Waals surface area contributed by atoms with Crippen LogP contribution in [0.2, 0.25) is 5.02 Å². The van der Waals surface area contributed by atoms with Crippen LogP contribution in [-0.4, -0.2) is 38.0 Å². The lowest BCUT2D eigenvalue weighted by molar-refractivity contribution is -0.140. The van der Waals surface area contributed by atoms with Crippen LogP contribution in [0.4, 0.5) is 5.69 Å². The van der Waals surface area contributed by atoms with Crippen LogP contribution in [0.5, 0.6) is 0 Å². The number of amides is 1. The fraction of sp³-hybridized carbons (Fsp3) is 0.385. The Hall–Kier alpha value is -2.88. The van der Waals surface area contributed by atoms with Crippen LogP contribution in [0.25, 0.3) is 0 Å². The zero-order valence-corrected chi connectivity index (χ0v) is 19.3. The first-order valence-electron chi connectivity index (χ1n) is 11.1. The summed E-state index contributed by atoms with van der Waals surface area (Å²) in [5.74, 6) is -0.244. The fourth-order valence-corrected chi connectivity index (χ4v) is 4.46. The summed E-state index contributed by atoms with van der Waals surface area (Å²) in [6.07, 6.45) is 7.22. The van der Waals surface area contributed by atoms with E-state index < -0.39 is 5.97 Å². The van der Waals surface area contributed by atoms with E-state index in [1.165, 1.54) is 24.9 Å². The molecule has 0 bridgehead atoms. The van der Waals surface area contributed by atoms with Crippen molar-refractivity contribution in [3.8, 4) is 0 Å². The van der Waals surface area contributed by atoms with E-state index in [1.54, 1.807) is 18.2 Å². The maximum absolute atomic E-state index is 13.5. The molecule has 6 heteroatoms. The van der Waals surface area contributed by atoms with Crippen LogP contribution >= 0.6 is 11.6 Å². The molecule has 32 heavy (non-hydrogen) atoms. The Kier molecular flexibility index (Phi) is 8.66. The maximum Gasteiger partial charge on any atom is 0.342 e. The smallest absolute Gasteiger partial charge is 0.342 e. The second-order valence-electron chi connectivity index (χ2n) is 8.15. The van der Waals surface area contributed by atoms with Gasteiger partial charge in [-0.3, -0.25) is 9.59 Å². The molecule has 0 unspecified atom stereocenters. The Morgan fingerprint density at radius 1 is 1.09 bits per heavy atom. The molecule has 168 valence electrons. The van der Waals surface area contributed by atoms with Crippen LogP contribution in [0, 0.1) is 5.92 Å². The van der Waals surface area contributed by atoms with Crippen molar-refractivity contribution in [2.45, 2.75) is 44.9 Å². The Morgan fingerprint density at radius 3 is 2.41 bits per heavy atom. The number of rotatable bonds is 7. The Balaban J connectivity index is 2.01. The van der Waals surface area contributed by atoms with Crippen molar-refractivity contribution >= 4 is 41.6 Å². The maximum atomic E-state index is 13.5. The number of halogens is 1. The van der Waals surface area contributed by atoms with Crippen molar-refractivity contribution in [2.75, 3.05) is 18.6 Å². The summed E-state index contributed by atoms with van der Waals surface area (Å²) in [6, 6.07) is 14.8. The van der Waals surface area contributed by atoms with Gasteiger partial charge in [0.2, 0.25) is 5.91 Å². The Labute approximate surface area is 194 Å². The average molecular weight is 454 g/mol. The molecular formula is C26H30ClN2O3+. The first kappa shape index (κ1) is 23.8. The lowest BCUT2D eigenvalue weighted by Gasteiger charge is -2.25. The summed E-state index contributed by atoms with van der Waals surface area (Å²) in [4.78, 5) is 27.3. The second kappa shape index (κ2) is 11.7. The summed E-state index contributed by atoms with van der Waals surface area (Å²) >= 11 is 6.33. The third-order valence-corrected chi connectivity index (χ3v) is 6.20. The van der Waals surface area contributed by atoms with E-state index in [2.05, 4.69) is 11.4 Å². The van der Waals surface area contributed by atoms with E-state index in [0.29, 0.717) is 34.3 Å². The van der Waals surface area contributed by atoms with Gasteiger partial charge >= 0.3 is 11.7 Å². The van der Waals surface area contributed by atoms with E-state index in [-0.39, 0.29) is 12.5 Å². The minimum Gasteiger partial charge on any atom is -0.468 e. The average Bonchev–Trinajstić information content (AvgIpc) is 3.07. The highest BCUT2D eigenvalue weighted by molar-refractivity contribution is 6.31. The molecule has 0 atom stereocenters. The van der Waals surface area contributed by atoms with Crippen molar-refractivity contribution in [1.82, 2.24) is 4.67 Å². The third-order valence-electron chi connectivity index (χ3n) is 5.96. The number of hydrogen-bond acceptors (Lipinski definition) is 3. The van der Waals surface area contributed by atoms with Gasteiger partial charge in [0.05, 0.1) is 23.9 Å². The summed E-state index contributed by atoms with van der Waals surface area (Å²) < 4.78 is 9.15. The highest BCUT2D eigenvalue weighted by Gasteiger charge is 2.29. The first-order valence-corrected chi connectivity index (χ1v) is 11.5.